The van der Waals surface area contributed by atoms with Crippen LogP contribution in [0.1, 0.15) is 5.82 Å². The second-order valence-electron chi connectivity index (χ2n) is 3.02. The van der Waals surface area contributed by atoms with Crippen LogP contribution in [0.2, 0.25) is 5.15 Å². The van der Waals surface area contributed by atoms with Gasteiger partial charge in [-0.25, -0.2) is 23.7 Å². The molecule has 2 aromatic heterocycles. The van der Waals surface area contributed by atoms with Crippen LogP contribution in [0.4, 0.5) is 8.78 Å². The third kappa shape index (κ3) is 1.90. The molecule has 0 amide bonds. The molecule has 0 radical (unpaired) electrons. The van der Waals surface area contributed by atoms with E-state index in [0.717, 1.165) is 0 Å². The Balaban J connectivity index is 2.58. The van der Waals surface area contributed by atoms with E-state index in [1.165, 1.54) is 10.9 Å². The first-order chi connectivity index (χ1) is 7.08. The molecule has 0 fully saturated rings. The standard InChI is InChI=1S/C8H7ClF2N4/c1-4-13-7(9)6-8(14-4)15(3-12-6)2-5(10)11/h3,5H,2H2,1H3. The molecule has 2 aromatic rings. The molecule has 15 heavy (non-hydrogen) atoms. The van der Waals surface area contributed by atoms with Gasteiger partial charge in [-0.2, -0.15) is 0 Å². The van der Waals surface area contributed by atoms with Crippen LogP contribution >= 0.6 is 11.6 Å². The number of nitrogens with zero attached hydrogens (tertiary/aromatic N) is 4. The van der Waals surface area contributed by atoms with Crippen molar-refractivity contribution in [3.05, 3.63) is 17.3 Å². The first-order valence-corrected chi connectivity index (χ1v) is 4.59. The minimum atomic E-state index is -2.45. The average molecular weight is 233 g/mol. The summed E-state index contributed by atoms with van der Waals surface area (Å²) in [6, 6.07) is 0. The lowest BCUT2D eigenvalue weighted by Gasteiger charge is -2.02. The van der Waals surface area contributed by atoms with Gasteiger partial charge in [0.1, 0.15) is 11.3 Å². The second kappa shape index (κ2) is 3.69. The van der Waals surface area contributed by atoms with Gasteiger partial charge in [0.05, 0.1) is 12.9 Å². The lowest BCUT2D eigenvalue weighted by molar-refractivity contribution is 0.128. The van der Waals surface area contributed by atoms with Crippen molar-refractivity contribution < 1.29 is 8.78 Å². The molecule has 0 aliphatic rings. The fraction of sp³-hybridized carbons (Fsp3) is 0.375. The minimum absolute atomic E-state index is 0.186. The Bertz CT molecular complexity index is 497. The minimum Gasteiger partial charge on any atom is -0.309 e. The van der Waals surface area contributed by atoms with Crippen LogP contribution in [-0.2, 0) is 6.54 Å². The Hall–Kier alpha value is -1.30. The number of halogens is 3. The van der Waals surface area contributed by atoms with E-state index in [0.29, 0.717) is 17.0 Å². The summed E-state index contributed by atoms with van der Waals surface area (Å²) in [5, 5.41) is 0.186. The molecule has 0 bridgehead atoms. The third-order valence-electron chi connectivity index (χ3n) is 1.87. The van der Waals surface area contributed by atoms with E-state index < -0.39 is 13.0 Å². The largest absolute Gasteiger partial charge is 0.309 e. The predicted molar refractivity (Wildman–Crippen MR) is 51.1 cm³/mol. The third-order valence-corrected chi connectivity index (χ3v) is 2.13. The summed E-state index contributed by atoms with van der Waals surface area (Å²) >= 11 is 5.80. The molecule has 80 valence electrons. The van der Waals surface area contributed by atoms with Crippen molar-refractivity contribution >= 4 is 22.8 Å². The molecule has 0 atom stereocenters. The lowest BCUT2D eigenvalue weighted by Crippen LogP contribution is -2.06. The van der Waals surface area contributed by atoms with Crippen molar-refractivity contribution in [1.29, 1.82) is 0 Å². The SMILES string of the molecule is Cc1nc(Cl)c2ncn(CC(F)F)c2n1. The summed E-state index contributed by atoms with van der Waals surface area (Å²) in [7, 11) is 0. The van der Waals surface area contributed by atoms with Gasteiger partial charge < -0.3 is 4.57 Å². The Kier molecular flexibility index (Phi) is 2.52. The van der Waals surface area contributed by atoms with Gasteiger partial charge in [0.25, 0.3) is 6.43 Å². The molecule has 0 aromatic carbocycles. The van der Waals surface area contributed by atoms with Gasteiger partial charge in [-0.3, -0.25) is 0 Å². The molecular weight excluding hydrogens is 226 g/mol. The van der Waals surface area contributed by atoms with Crippen LogP contribution in [0, 0.1) is 6.92 Å². The highest BCUT2D eigenvalue weighted by Gasteiger charge is 2.12. The van der Waals surface area contributed by atoms with E-state index in [9.17, 15) is 8.78 Å². The highest BCUT2D eigenvalue weighted by molar-refractivity contribution is 6.33. The molecule has 0 saturated heterocycles. The van der Waals surface area contributed by atoms with Crippen molar-refractivity contribution in [3.63, 3.8) is 0 Å². The summed E-state index contributed by atoms with van der Waals surface area (Å²) in [5.74, 6) is 0.434. The first kappa shape index (κ1) is 10.2. The molecule has 2 rings (SSSR count). The quantitative estimate of drug-likeness (QED) is 0.745. The first-order valence-electron chi connectivity index (χ1n) is 4.21. The van der Waals surface area contributed by atoms with Crippen molar-refractivity contribution in [3.8, 4) is 0 Å². The highest BCUT2D eigenvalue weighted by Crippen LogP contribution is 2.19. The van der Waals surface area contributed by atoms with Crippen LogP contribution in [0.5, 0.6) is 0 Å². The topological polar surface area (TPSA) is 43.6 Å². The molecule has 0 spiro atoms. The fourth-order valence-corrected chi connectivity index (χ4v) is 1.55. The molecule has 0 aliphatic heterocycles. The molecule has 2 heterocycles. The van der Waals surface area contributed by atoms with E-state index in [4.69, 9.17) is 11.6 Å². The molecule has 0 N–H and O–H groups in total. The summed E-state index contributed by atoms with van der Waals surface area (Å²) in [6.07, 6.45) is -1.16. The Morgan fingerprint density at radius 3 is 2.87 bits per heavy atom. The Morgan fingerprint density at radius 2 is 2.20 bits per heavy atom. The Morgan fingerprint density at radius 1 is 1.47 bits per heavy atom. The van der Waals surface area contributed by atoms with Gasteiger partial charge >= 0.3 is 0 Å². The smallest absolute Gasteiger partial charge is 0.256 e. The van der Waals surface area contributed by atoms with Crippen LogP contribution in [-0.4, -0.2) is 25.9 Å². The van der Waals surface area contributed by atoms with Gasteiger partial charge in [0.2, 0.25) is 0 Å². The van der Waals surface area contributed by atoms with Crippen molar-refractivity contribution in [2.75, 3.05) is 0 Å². The normalized spacial score (nSPS) is 11.5. The number of alkyl halides is 2. The zero-order chi connectivity index (χ0) is 11.0. The monoisotopic (exact) mass is 232 g/mol. The number of rotatable bonds is 2. The molecule has 0 unspecified atom stereocenters. The van der Waals surface area contributed by atoms with Crippen molar-refractivity contribution in [1.82, 2.24) is 19.5 Å². The molecule has 0 aliphatic carbocycles. The Labute approximate surface area is 88.9 Å². The number of aryl methyl sites for hydroxylation is 1. The van der Waals surface area contributed by atoms with Crippen LogP contribution in [0.25, 0.3) is 11.2 Å². The van der Waals surface area contributed by atoms with Crippen LogP contribution in [0.15, 0.2) is 6.33 Å². The van der Waals surface area contributed by atoms with Crippen LogP contribution < -0.4 is 0 Å². The van der Waals surface area contributed by atoms with E-state index in [2.05, 4.69) is 15.0 Å². The van der Waals surface area contributed by atoms with E-state index in [-0.39, 0.29) is 5.15 Å². The second-order valence-corrected chi connectivity index (χ2v) is 3.38. The summed E-state index contributed by atoms with van der Waals surface area (Å²) in [6.45, 7) is 1.20. The zero-order valence-corrected chi connectivity index (χ0v) is 8.54. The maximum Gasteiger partial charge on any atom is 0.256 e. The van der Waals surface area contributed by atoms with Gasteiger partial charge in [-0.15, -0.1) is 0 Å². The maximum atomic E-state index is 12.2. The average Bonchev–Trinajstić information content (AvgIpc) is 2.48. The maximum absolute atomic E-state index is 12.2. The number of fused-ring (bicyclic) bond motifs is 1. The highest BCUT2D eigenvalue weighted by atomic mass is 35.5. The number of imidazole rings is 1. The molecule has 0 saturated carbocycles. The number of aromatic nitrogens is 4. The summed E-state index contributed by atoms with van der Waals surface area (Å²) in [4.78, 5) is 11.8. The van der Waals surface area contributed by atoms with E-state index in [1.54, 1.807) is 6.92 Å². The number of hydrogen-bond donors (Lipinski definition) is 0. The summed E-state index contributed by atoms with van der Waals surface area (Å²) in [5.41, 5.74) is 0.690. The fourth-order valence-electron chi connectivity index (χ4n) is 1.29. The van der Waals surface area contributed by atoms with Crippen LogP contribution in [0.3, 0.4) is 0 Å². The van der Waals surface area contributed by atoms with Gasteiger partial charge in [-0.1, -0.05) is 11.6 Å². The van der Waals surface area contributed by atoms with Gasteiger partial charge in [0.15, 0.2) is 10.8 Å². The molecular formula is C8H7ClF2N4. The summed E-state index contributed by atoms with van der Waals surface area (Å²) < 4.78 is 25.7. The lowest BCUT2D eigenvalue weighted by atomic mass is 10.5. The predicted octanol–water partition coefficient (Wildman–Crippen LogP) is 2.05. The van der Waals surface area contributed by atoms with Gasteiger partial charge in [0, 0.05) is 0 Å². The zero-order valence-electron chi connectivity index (χ0n) is 7.78. The van der Waals surface area contributed by atoms with E-state index in [1.807, 2.05) is 0 Å². The van der Waals surface area contributed by atoms with E-state index >= 15 is 0 Å². The molecule has 7 heteroatoms. The number of hydrogen-bond acceptors (Lipinski definition) is 3. The van der Waals surface area contributed by atoms with Gasteiger partial charge in [-0.05, 0) is 6.92 Å². The van der Waals surface area contributed by atoms with Crippen molar-refractivity contribution in [2.24, 2.45) is 0 Å². The van der Waals surface area contributed by atoms with Crippen molar-refractivity contribution in [2.45, 2.75) is 19.9 Å². The molecule has 4 nitrogen and oxygen atoms in total.